The van der Waals surface area contributed by atoms with Crippen LogP contribution in [-0.2, 0) is 4.79 Å². The second-order valence-electron chi connectivity index (χ2n) is 3.16. The second kappa shape index (κ2) is 4.07. The number of nitrogens with zero attached hydrogens (tertiary/aromatic N) is 2. The third-order valence-corrected chi connectivity index (χ3v) is 1.96. The lowest BCUT2D eigenvalue weighted by Crippen LogP contribution is -2.36. The van der Waals surface area contributed by atoms with Gasteiger partial charge in [0, 0.05) is 19.0 Å². The lowest BCUT2D eigenvalue weighted by atomic mass is 10.2. The minimum absolute atomic E-state index is 0.130. The molecule has 1 rings (SSSR count). The summed E-state index contributed by atoms with van der Waals surface area (Å²) in [6.07, 6.45) is 1.53. The van der Waals surface area contributed by atoms with Crippen molar-refractivity contribution in [3.63, 3.8) is 0 Å². The molecule has 12 heavy (non-hydrogen) atoms. The summed E-state index contributed by atoms with van der Waals surface area (Å²) in [6.45, 7) is 1.20. The molecule has 1 aliphatic rings. The van der Waals surface area contributed by atoms with Crippen LogP contribution in [-0.4, -0.2) is 37.0 Å². The Kier molecular flexibility index (Phi) is 3.06. The molecule has 1 heterocycles. The number of nitriles is 1. The van der Waals surface area contributed by atoms with Gasteiger partial charge in [-0.15, -0.1) is 0 Å². The average molecular weight is 167 g/mol. The van der Waals surface area contributed by atoms with E-state index in [1.807, 2.05) is 11.9 Å². The highest BCUT2D eigenvalue weighted by molar-refractivity contribution is 5.78. The van der Waals surface area contributed by atoms with Crippen molar-refractivity contribution in [1.82, 2.24) is 10.2 Å². The summed E-state index contributed by atoms with van der Waals surface area (Å²) in [5.41, 5.74) is 0. The summed E-state index contributed by atoms with van der Waals surface area (Å²) >= 11 is 0. The van der Waals surface area contributed by atoms with Crippen LogP contribution in [0.2, 0.25) is 0 Å². The van der Waals surface area contributed by atoms with Crippen LogP contribution in [0.1, 0.15) is 12.8 Å². The zero-order valence-corrected chi connectivity index (χ0v) is 7.21. The molecule has 0 aromatic carbocycles. The first-order valence-electron chi connectivity index (χ1n) is 4.07. The Morgan fingerprint density at radius 3 is 3.08 bits per heavy atom. The zero-order chi connectivity index (χ0) is 8.97. The van der Waals surface area contributed by atoms with E-state index in [2.05, 4.69) is 11.4 Å². The lowest BCUT2D eigenvalue weighted by Gasteiger charge is -2.17. The molecular weight excluding hydrogens is 154 g/mol. The molecule has 0 aromatic heterocycles. The van der Waals surface area contributed by atoms with Gasteiger partial charge in [-0.1, -0.05) is 0 Å². The predicted octanol–water partition coefficient (Wildman–Crippen LogP) is -0.280. The third-order valence-electron chi connectivity index (χ3n) is 1.96. The minimum atomic E-state index is 0.130. The van der Waals surface area contributed by atoms with Gasteiger partial charge in [0.25, 0.3) is 0 Å². The number of nitrogens with one attached hydrogen (secondary N) is 1. The number of carbonyl (C=O) groups excluding carboxylic acids is 1. The molecule has 4 nitrogen and oxygen atoms in total. The van der Waals surface area contributed by atoms with Crippen molar-refractivity contribution < 1.29 is 4.79 Å². The third kappa shape index (κ3) is 2.51. The van der Waals surface area contributed by atoms with E-state index in [1.54, 1.807) is 0 Å². The van der Waals surface area contributed by atoms with Crippen LogP contribution in [0.5, 0.6) is 0 Å². The molecule has 0 aliphatic carbocycles. The summed E-state index contributed by atoms with van der Waals surface area (Å²) in [6, 6.07) is 2.31. The topological polar surface area (TPSA) is 56.1 Å². The number of amides is 1. The molecule has 66 valence electrons. The Bertz CT molecular complexity index is 209. The summed E-state index contributed by atoms with van der Waals surface area (Å²) in [7, 11) is 1.88. The fourth-order valence-electron chi connectivity index (χ4n) is 1.38. The van der Waals surface area contributed by atoms with Gasteiger partial charge in [0.2, 0.25) is 5.91 Å². The SMILES string of the molecule is CN(CC#N)CC1CCC(=O)N1. The van der Waals surface area contributed by atoms with E-state index in [9.17, 15) is 4.79 Å². The molecule has 1 atom stereocenters. The first kappa shape index (κ1) is 9.01. The molecule has 0 aromatic rings. The van der Waals surface area contributed by atoms with Gasteiger partial charge < -0.3 is 5.32 Å². The molecule has 1 amide bonds. The largest absolute Gasteiger partial charge is 0.352 e. The van der Waals surface area contributed by atoms with E-state index in [0.717, 1.165) is 13.0 Å². The average Bonchev–Trinajstić information content (AvgIpc) is 2.36. The molecular formula is C8H13N3O. The number of carbonyl (C=O) groups is 1. The van der Waals surface area contributed by atoms with Crippen LogP contribution >= 0.6 is 0 Å². The molecule has 0 spiro atoms. The van der Waals surface area contributed by atoms with Crippen LogP contribution in [0.4, 0.5) is 0 Å². The second-order valence-corrected chi connectivity index (χ2v) is 3.16. The highest BCUT2D eigenvalue weighted by atomic mass is 16.1. The van der Waals surface area contributed by atoms with Crippen molar-refractivity contribution in [2.24, 2.45) is 0 Å². The molecule has 1 fully saturated rings. The standard InChI is InChI=1S/C8H13N3O/c1-11(5-4-9)6-7-2-3-8(12)10-7/h7H,2-3,5-6H2,1H3,(H,10,12). The Morgan fingerprint density at radius 1 is 1.83 bits per heavy atom. The maximum Gasteiger partial charge on any atom is 0.220 e. The van der Waals surface area contributed by atoms with Crippen LogP contribution < -0.4 is 5.32 Å². The Hall–Kier alpha value is -1.08. The van der Waals surface area contributed by atoms with Gasteiger partial charge in [-0.25, -0.2) is 0 Å². The van der Waals surface area contributed by atoms with E-state index >= 15 is 0 Å². The Morgan fingerprint density at radius 2 is 2.58 bits per heavy atom. The van der Waals surface area contributed by atoms with Crippen molar-refractivity contribution in [3.05, 3.63) is 0 Å². The van der Waals surface area contributed by atoms with Crippen LogP contribution in [0, 0.1) is 11.3 Å². The fourth-order valence-corrected chi connectivity index (χ4v) is 1.38. The van der Waals surface area contributed by atoms with Crippen molar-refractivity contribution in [2.75, 3.05) is 20.1 Å². The molecule has 4 heteroatoms. The summed E-state index contributed by atoms with van der Waals surface area (Å²) in [5, 5.41) is 11.2. The minimum Gasteiger partial charge on any atom is -0.352 e. The van der Waals surface area contributed by atoms with Gasteiger partial charge in [-0.3, -0.25) is 9.69 Å². The van der Waals surface area contributed by atoms with Gasteiger partial charge in [0.1, 0.15) is 0 Å². The maximum absolute atomic E-state index is 10.8. The molecule has 1 saturated heterocycles. The van der Waals surface area contributed by atoms with E-state index in [0.29, 0.717) is 13.0 Å². The first-order valence-corrected chi connectivity index (χ1v) is 4.07. The van der Waals surface area contributed by atoms with Crippen molar-refractivity contribution >= 4 is 5.91 Å². The zero-order valence-electron chi connectivity index (χ0n) is 7.21. The van der Waals surface area contributed by atoms with Crippen LogP contribution in [0.3, 0.4) is 0 Å². The molecule has 0 bridgehead atoms. The van der Waals surface area contributed by atoms with Crippen molar-refractivity contribution in [3.8, 4) is 6.07 Å². The summed E-state index contributed by atoms with van der Waals surface area (Å²) < 4.78 is 0. The predicted molar refractivity (Wildman–Crippen MR) is 44.3 cm³/mol. The van der Waals surface area contributed by atoms with Gasteiger partial charge >= 0.3 is 0 Å². The van der Waals surface area contributed by atoms with Gasteiger partial charge in [0.05, 0.1) is 12.6 Å². The Labute approximate surface area is 72.2 Å². The number of hydrogen-bond donors (Lipinski definition) is 1. The monoisotopic (exact) mass is 167 g/mol. The summed E-state index contributed by atoms with van der Waals surface area (Å²) in [4.78, 5) is 12.7. The fraction of sp³-hybridized carbons (Fsp3) is 0.750. The van der Waals surface area contributed by atoms with E-state index in [-0.39, 0.29) is 11.9 Å². The van der Waals surface area contributed by atoms with Crippen LogP contribution in [0.15, 0.2) is 0 Å². The molecule has 1 unspecified atom stereocenters. The highest BCUT2D eigenvalue weighted by Gasteiger charge is 2.21. The van der Waals surface area contributed by atoms with Crippen LogP contribution in [0.25, 0.3) is 0 Å². The van der Waals surface area contributed by atoms with Gasteiger partial charge in [0.15, 0.2) is 0 Å². The molecule has 1 N–H and O–H groups in total. The maximum atomic E-state index is 10.8. The number of likely N-dealkylation sites (N-methyl/N-ethyl adjacent to an activating group) is 1. The van der Waals surface area contributed by atoms with Gasteiger partial charge in [-0.05, 0) is 13.5 Å². The number of hydrogen-bond acceptors (Lipinski definition) is 3. The molecule has 0 radical (unpaired) electrons. The van der Waals surface area contributed by atoms with Crippen molar-refractivity contribution in [1.29, 1.82) is 5.26 Å². The van der Waals surface area contributed by atoms with E-state index in [1.165, 1.54) is 0 Å². The smallest absolute Gasteiger partial charge is 0.220 e. The Balaban J connectivity index is 2.23. The normalized spacial score (nSPS) is 22.4. The van der Waals surface area contributed by atoms with E-state index < -0.39 is 0 Å². The lowest BCUT2D eigenvalue weighted by molar-refractivity contribution is -0.119. The summed E-state index contributed by atoms with van der Waals surface area (Å²) in [5.74, 6) is 0.130. The molecule has 0 saturated carbocycles. The van der Waals surface area contributed by atoms with E-state index in [4.69, 9.17) is 5.26 Å². The molecule has 1 aliphatic heterocycles. The number of rotatable bonds is 3. The highest BCUT2D eigenvalue weighted by Crippen LogP contribution is 2.06. The quantitative estimate of drug-likeness (QED) is 0.588. The first-order chi connectivity index (χ1) is 5.72. The van der Waals surface area contributed by atoms with Gasteiger partial charge in [-0.2, -0.15) is 5.26 Å². The van der Waals surface area contributed by atoms with Crippen molar-refractivity contribution in [2.45, 2.75) is 18.9 Å².